The maximum Gasteiger partial charge on any atom is 0.0740 e. The Kier molecular flexibility index (Phi) is 4.54. The minimum absolute atomic E-state index is 0.276. The molecule has 2 rings (SSSR count). The highest BCUT2D eigenvalue weighted by molar-refractivity contribution is 6.35. The minimum atomic E-state index is -0.655. The van der Waals surface area contributed by atoms with Gasteiger partial charge in [0.2, 0.25) is 0 Å². The maximum absolute atomic E-state index is 10.8. The number of hydrogen-bond acceptors (Lipinski definition) is 2. The fourth-order valence-corrected chi connectivity index (χ4v) is 3.20. The third-order valence-electron chi connectivity index (χ3n) is 3.89. The van der Waals surface area contributed by atoms with Crippen molar-refractivity contribution in [2.24, 2.45) is 5.92 Å². The molecular formula is C14H19Cl2NO. The molecule has 2 nitrogen and oxygen atoms in total. The average Bonchev–Trinajstić information content (AvgIpc) is 2.33. The van der Waals surface area contributed by atoms with Crippen LogP contribution in [0.1, 0.15) is 25.3 Å². The van der Waals surface area contributed by atoms with E-state index in [1.54, 1.807) is 6.07 Å². The van der Waals surface area contributed by atoms with Crippen LogP contribution in [0.2, 0.25) is 10.0 Å². The van der Waals surface area contributed by atoms with Gasteiger partial charge in [-0.05, 0) is 37.1 Å². The maximum atomic E-state index is 10.8. The summed E-state index contributed by atoms with van der Waals surface area (Å²) in [6.07, 6.45) is 2.34. The molecule has 100 valence electrons. The van der Waals surface area contributed by atoms with Crippen LogP contribution >= 0.6 is 23.2 Å². The Balaban J connectivity index is 2.20. The molecule has 0 amide bonds. The monoisotopic (exact) mass is 287 g/mol. The van der Waals surface area contributed by atoms with Gasteiger partial charge in [0, 0.05) is 28.9 Å². The highest BCUT2D eigenvalue weighted by Gasteiger charge is 2.38. The molecule has 1 aliphatic rings. The molecule has 0 aromatic heterocycles. The summed E-state index contributed by atoms with van der Waals surface area (Å²) < 4.78 is 0. The predicted octanol–water partition coefficient (Wildman–Crippen LogP) is 3.29. The number of aliphatic hydroxyl groups is 1. The van der Waals surface area contributed by atoms with Gasteiger partial charge in [-0.25, -0.2) is 0 Å². The first-order valence-corrected chi connectivity index (χ1v) is 7.18. The highest BCUT2D eigenvalue weighted by atomic mass is 35.5. The second-order valence-electron chi connectivity index (χ2n) is 5.08. The topological polar surface area (TPSA) is 32.3 Å². The summed E-state index contributed by atoms with van der Waals surface area (Å²) in [6.45, 7) is 3.85. The quantitative estimate of drug-likeness (QED) is 0.894. The van der Waals surface area contributed by atoms with Crippen LogP contribution in [0.4, 0.5) is 0 Å². The van der Waals surface area contributed by atoms with E-state index < -0.39 is 5.60 Å². The molecule has 1 heterocycles. The average molecular weight is 288 g/mol. The summed E-state index contributed by atoms with van der Waals surface area (Å²) in [6, 6.07) is 5.48. The van der Waals surface area contributed by atoms with Crippen LogP contribution in [0.3, 0.4) is 0 Å². The summed E-state index contributed by atoms with van der Waals surface area (Å²) in [7, 11) is 0. The number of halogens is 2. The van der Waals surface area contributed by atoms with Crippen LogP contribution in [-0.2, 0) is 6.42 Å². The molecular weight excluding hydrogens is 269 g/mol. The van der Waals surface area contributed by atoms with Gasteiger partial charge in [-0.3, -0.25) is 0 Å². The fourth-order valence-electron chi connectivity index (χ4n) is 2.73. The normalized spacial score (nSPS) is 28.3. The van der Waals surface area contributed by atoms with Gasteiger partial charge in [0.1, 0.15) is 0 Å². The van der Waals surface area contributed by atoms with Crippen LogP contribution < -0.4 is 5.32 Å². The number of piperidine rings is 1. The zero-order valence-electron chi connectivity index (χ0n) is 10.5. The summed E-state index contributed by atoms with van der Waals surface area (Å²) in [5.74, 6) is 0.276. The van der Waals surface area contributed by atoms with Gasteiger partial charge in [0.15, 0.2) is 0 Å². The lowest BCUT2D eigenvalue weighted by Gasteiger charge is -2.40. The second kappa shape index (κ2) is 5.79. The number of benzene rings is 1. The number of rotatable bonds is 3. The van der Waals surface area contributed by atoms with Crippen LogP contribution in [0.15, 0.2) is 18.2 Å². The predicted molar refractivity (Wildman–Crippen MR) is 76.4 cm³/mol. The third-order valence-corrected chi connectivity index (χ3v) is 4.48. The standard InChI is InChI=1S/C14H19Cl2NO/c1-2-11-9-17-6-5-14(11,18)8-10-3-4-12(15)7-13(10)16/h3-4,7,11,17-18H,2,5-6,8-9H2,1H3. The Morgan fingerprint density at radius 1 is 1.44 bits per heavy atom. The molecule has 0 aliphatic carbocycles. The van der Waals surface area contributed by atoms with Gasteiger partial charge in [-0.2, -0.15) is 0 Å². The first-order valence-electron chi connectivity index (χ1n) is 6.42. The number of hydrogen-bond donors (Lipinski definition) is 2. The molecule has 2 atom stereocenters. The van der Waals surface area contributed by atoms with E-state index in [9.17, 15) is 5.11 Å². The van der Waals surface area contributed by atoms with Gasteiger partial charge >= 0.3 is 0 Å². The van der Waals surface area contributed by atoms with Gasteiger partial charge in [-0.15, -0.1) is 0 Å². The molecule has 1 aromatic carbocycles. The Labute approximate surface area is 118 Å². The molecule has 0 radical (unpaired) electrons. The molecule has 0 bridgehead atoms. The van der Waals surface area contributed by atoms with E-state index in [-0.39, 0.29) is 5.92 Å². The van der Waals surface area contributed by atoms with Crippen molar-refractivity contribution in [3.8, 4) is 0 Å². The Bertz CT molecular complexity index is 424. The highest BCUT2D eigenvalue weighted by Crippen LogP contribution is 2.33. The van der Waals surface area contributed by atoms with E-state index in [4.69, 9.17) is 23.2 Å². The fraction of sp³-hybridized carbons (Fsp3) is 0.571. The van der Waals surface area contributed by atoms with Crippen molar-refractivity contribution in [3.63, 3.8) is 0 Å². The summed E-state index contributed by atoms with van der Waals surface area (Å²) in [5, 5.41) is 15.5. The zero-order valence-corrected chi connectivity index (χ0v) is 12.1. The molecule has 0 spiro atoms. The van der Waals surface area contributed by atoms with Gasteiger partial charge in [0.05, 0.1) is 5.60 Å². The Morgan fingerprint density at radius 3 is 2.89 bits per heavy atom. The van der Waals surface area contributed by atoms with Gasteiger partial charge in [0.25, 0.3) is 0 Å². The molecule has 1 aliphatic heterocycles. The smallest absolute Gasteiger partial charge is 0.0740 e. The second-order valence-corrected chi connectivity index (χ2v) is 5.92. The Morgan fingerprint density at radius 2 is 2.22 bits per heavy atom. The summed E-state index contributed by atoms with van der Waals surface area (Å²) in [4.78, 5) is 0. The van der Waals surface area contributed by atoms with E-state index in [1.165, 1.54) is 0 Å². The Hall–Kier alpha value is -0.280. The molecule has 4 heteroatoms. The van der Waals surface area contributed by atoms with E-state index in [0.717, 1.165) is 31.5 Å². The molecule has 2 unspecified atom stereocenters. The largest absolute Gasteiger partial charge is 0.389 e. The molecule has 2 N–H and O–H groups in total. The molecule has 1 fully saturated rings. The third kappa shape index (κ3) is 3.00. The van der Waals surface area contributed by atoms with Crippen molar-refractivity contribution >= 4 is 23.2 Å². The molecule has 1 aromatic rings. The van der Waals surface area contributed by atoms with Gasteiger partial charge in [-0.1, -0.05) is 36.2 Å². The molecule has 1 saturated heterocycles. The van der Waals surface area contributed by atoms with Gasteiger partial charge < -0.3 is 10.4 Å². The van der Waals surface area contributed by atoms with Crippen molar-refractivity contribution in [2.45, 2.75) is 31.8 Å². The summed E-state index contributed by atoms with van der Waals surface area (Å²) >= 11 is 12.1. The first-order chi connectivity index (χ1) is 8.55. The van der Waals surface area contributed by atoms with Crippen LogP contribution in [-0.4, -0.2) is 23.8 Å². The van der Waals surface area contributed by atoms with Crippen LogP contribution in [0.25, 0.3) is 0 Å². The number of nitrogens with one attached hydrogen (secondary N) is 1. The van der Waals surface area contributed by atoms with Crippen molar-refractivity contribution in [3.05, 3.63) is 33.8 Å². The van der Waals surface area contributed by atoms with Crippen LogP contribution in [0.5, 0.6) is 0 Å². The van der Waals surface area contributed by atoms with E-state index in [1.807, 2.05) is 12.1 Å². The van der Waals surface area contributed by atoms with Crippen molar-refractivity contribution in [1.82, 2.24) is 5.32 Å². The van der Waals surface area contributed by atoms with Crippen molar-refractivity contribution < 1.29 is 5.11 Å². The van der Waals surface area contributed by atoms with Crippen molar-refractivity contribution in [2.75, 3.05) is 13.1 Å². The molecule has 0 saturated carbocycles. The van der Waals surface area contributed by atoms with E-state index in [2.05, 4.69) is 12.2 Å². The summed E-state index contributed by atoms with van der Waals surface area (Å²) in [5.41, 5.74) is 0.321. The minimum Gasteiger partial charge on any atom is -0.389 e. The van der Waals surface area contributed by atoms with E-state index in [0.29, 0.717) is 16.5 Å². The van der Waals surface area contributed by atoms with E-state index >= 15 is 0 Å². The van der Waals surface area contributed by atoms with Crippen LogP contribution in [0, 0.1) is 5.92 Å². The lowest BCUT2D eigenvalue weighted by atomic mass is 9.76. The van der Waals surface area contributed by atoms with Crippen molar-refractivity contribution in [1.29, 1.82) is 0 Å². The first kappa shape index (κ1) is 14.1. The SMILES string of the molecule is CCC1CNCCC1(O)Cc1ccc(Cl)cc1Cl. The lowest BCUT2D eigenvalue weighted by Crippen LogP contribution is -2.51. The zero-order chi connectivity index (χ0) is 13.2. The lowest BCUT2D eigenvalue weighted by molar-refractivity contribution is -0.0414. The molecule has 18 heavy (non-hydrogen) atoms.